The molecule has 0 unspecified atom stereocenters. The van der Waals surface area contributed by atoms with Crippen LogP contribution in [-0.2, 0) is 0 Å². The normalized spacial score (nSPS) is 10.9. The van der Waals surface area contributed by atoms with Gasteiger partial charge in [0.25, 0.3) is 0 Å². The summed E-state index contributed by atoms with van der Waals surface area (Å²) in [5.74, 6) is 5.17. The molecule has 0 aromatic carbocycles. The third-order valence-electron chi connectivity index (χ3n) is 2.34. The first-order valence-electron chi connectivity index (χ1n) is 6.47. The SMILES string of the molecule is CCNCCCNCCCNCCCNN. The van der Waals surface area contributed by atoms with Crippen LogP contribution in [0, 0.1) is 0 Å². The Hall–Kier alpha value is -0.200. The third kappa shape index (κ3) is 13.8. The van der Waals surface area contributed by atoms with E-state index in [-0.39, 0.29) is 0 Å². The molecule has 0 fully saturated rings. The van der Waals surface area contributed by atoms with E-state index in [0.29, 0.717) is 0 Å². The first-order valence-corrected chi connectivity index (χ1v) is 6.47. The summed E-state index contributed by atoms with van der Waals surface area (Å²) in [5.41, 5.74) is 2.64. The fourth-order valence-electron chi connectivity index (χ4n) is 1.42. The lowest BCUT2D eigenvalue weighted by molar-refractivity contribution is 0.557. The molecule has 16 heavy (non-hydrogen) atoms. The highest BCUT2D eigenvalue weighted by Crippen LogP contribution is 1.78. The largest absolute Gasteiger partial charge is 0.317 e. The average molecular weight is 231 g/mol. The van der Waals surface area contributed by atoms with E-state index in [9.17, 15) is 0 Å². The van der Waals surface area contributed by atoms with Crippen LogP contribution in [0.4, 0.5) is 0 Å². The summed E-state index contributed by atoms with van der Waals surface area (Å²) in [6.45, 7) is 9.57. The Balaban J connectivity index is 2.83. The van der Waals surface area contributed by atoms with E-state index >= 15 is 0 Å². The summed E-state index contributed by atoms with van der Waals surface area (Å²) in [4.78, 5) is 0. The van der Waals surface area contributed by atoms with Crippen molar-refractivity contribution in [2.24, 2.45) is 5.84 Å². The molecule has 0 radical (unpaired) electrons. The lowest BCUT2D eigenvalue weighted by atomic mass is 10.3. The Labute approximate surface area is 99.9 Å². The minimum absolute atomic E-state index is 0.885. The van der Waals surface area contributed by atoms with Crippen molar-refractivity contribution in [1.29, 1.82) is 0 Å². The monoisotopic (exact) mass is 231 g/mol. The Bertz CT molecular complexity index is 107. The Morgan fingerprint density at radius 1 is 0.688 bits per heavy atom. The van der Waals surface area contributed by atoms with Gasteiger partial charge in [-0.3, -0.25) is 11.3 Å². The molecule has 0 aliphatic rings. The van der Waals surface area contributed by atoms with Gasteiger partial charge in [0.1, 0.15) is 0 Å². The second-order valence-electron chi connectivity index (χ2n) is 3.87. The second-order valence-corrected chi connectivity index (χ2v) is 3.87. The van der Waals surface area contributed by atoms with Gasteiger partial charge >= 0.3 is 0 Å². The standard InChI is InChI=1S/C11H29N5/c1-2-13-6-3-7-14-8-4-9-15-10-5-11-16-12/h13-16H,2-12H2,1H3. The van der Waals surface area contributed by atoms with Crippen LogP contribution in [0.3, 0.4) is 0 Å². The molecule has 0 aliphatic heterocycles. The molecule has 6 N–H and O–H groups in total. The second kappa shape index (κ2) is 14.8. The van der Waals surface area contributed by atoms with Crippen molar-refractivity contribution < 1.29 is 0 Å². The zero-order chi connectivity index (χ0) is 11.9. The van der Waals surface area contributed by atoms with Gasteiger partial charge in [0.15, 0.2) is 0 Å². The van der Waals surface area contributed by atoms with Crippen molar-refractivity contribution >= 4 is 0 Å². The molecule has 0 rings (SSSR count). The zero-order valence-electron chi connectivity index (χ0n) is 10.6. The number of hydrogen-bond donors (Lipinski definition) is 5. The van der Waals surface area contributed by atoms with Gasteiger partial charge in [-0.05, 0) is 58.5 Å². The quantitative estimate of drug-likeness (QED) is 0.166. The number of rotatable bonds is 13. The zero-order valence-corrected chi connectivity index (χ0v) is 10.6. The van der Waals surface area contributed by atoms with Crippen LogP contribution in [0.25, 0.3) is 0 Å². The van der Waals surface area contributed by atoms with Crippen LogP contribution in [0.5, 0.6) is 0 Å². The van der Waals surface area contributed by atoms with E-state index < -0.39 is 0 Å². The predicted octanol–water partition coefficient (Wildman–Crippen LogP) is -0.591. The molecule has 0 aliphatic carbocycles. The maximum Gasteiger partial charge on any atom is 0.0109 e. The average Bonchev–Trinajstić information content (AvgIpc) is 2.31. The van der Waals surface area contributed by atoms with Gasteiger partial charge in [-0.2, -0.15) is 0 Å². The first kappa shape index (κ1) is 15.8. The van der Waals surface area contributed by atoms with E-state index in [2.05, 4.69) is 28.3 Å². The molecule has 0 bridgehead atoms. The molecule has 0 amide bonds. The highest BCUT2D eigenvalue weighted by Gasteiger charge is 1.90. The van der Waals surface area contributed by atoms with Crippen molar-refractivity contribution in [1.82, 2.24) is 21.4 Å². The lowest BCUT2D eigenvalue weighted by Crippen LogP contribution is -2.28. The van der Waals surface area contributed by atoms with Crippen molar-refractivity contribution in [3.05, 3.63) is 0 Å². The van der Waals surface area contributed by atoms with E-state index in [1.54, 1.807) is 0 Å². The summed E-state index contributed by atoms with van der Waals surface area (Å²) in [7, 11) is 0. The third-order valence-corrected chi connectivity index (χ3v) is 2.34. The van der Waals surface area contributed by atoms with E-state index in [1.165, 1.54) is 12.8 Å². The van der Waals surface area contributed by atoms with Crippen molar-refractivity contribution in [2.45, 2.75) is 26.2 Å². The highest BCUT2D eigenvalue weighted by atomic mass is 15.2. The molecule has 0 aromatic heterocycles. The predicted molar refractivity (Wildman–Crippen MR) is 70.3 cm³/mol. The van der Waals surface area contributed by atoms with Gasteiger partial charge in [0.2, 0.25) is 0 Å². The fraction of sp³-hybridized carbons (Fsp3) is 1.00. The molecule has 0 saturated carbocycles. The molecule has 5 nitrogen and oxygen atoms in total. The minimum atomic E-state index is 0.885. The number of nitrogens with two attached hydrogens (primary N) is 1. The van der Waals surface area contributed by atoms with Crippen LogP contribution in [0.1, 0.15) is 26.2 Å². The molecule has 0 heterocycles. The fourth-order valence-corrected chi connectivity index (χ4v) is 1.42. The molecule has 0 atom stereocenters. The number of hydrazine groups is 1. The minimum Gasteiger partial charge on any atom is -0.317 e. The number of hydrogen-bond acceptors (Lipinski definition) is 5. The summed E-state index contributed by atoms with van der Waals surface area (Å²) < 4.78 is 0. The van der Waals surface area contributed by atoms with Crippen molar-refractivity contribution in [2.75, 3.05) is 45.8 Å². The van der Waals surface area contributed by atoms with Crippen molar-refractivity contribution in [3.63, 3.8) is 0 Å². The molecule has 98 valence electrons. The highest BCUT2D eigenvalue weighted by molar-refractivity contribution is 4.54. The smallest absolute Gasteiger partial charge is 0.0109 e. The Morgan fingerprint density at radius 2 is 1.12 bits per heavy atom. The maximum atomic E-state index is 5.17. The van der Waals surface area contributed by atoms with Crippen molar-refractivity contribution in [3.8, 4) is 0 Å². The molecular formula is C11H29N5. The van der Waals surface area contributed by atoms with Crippen LogP contribution in [0.2, 0.25) is 0 Å². The Kier molecular flexibility index (Phi) is 14.6. The van der Waals surface area contributed by atoms with Gasteiger partial charge in [0, 0.05) is 6.54 Å². The van der Waals surface area contributed by atoms with E-state index in [0.717, 1.165) is 52.2 Å². The summed E-state index contributed by atoms with van der Waals surface area (Å²) in [6, 6.07) is 0. The maximum absolute atomic E-state index is 5.17. The van der Waals surface area contributed by atoms with Crippen LogP contribution in [-0.4, -0.2) is 45.8 Å². The van der Waals surface area contributed by atoms with Crippen LogP contribution >= 0.6 is 0 Å². The molecule has 5 heteroatoms. The Morgan fingerprint density at radius 3 is 1.56 bits per heavy atom. The summed E-state index contributed by atoms with van der Waals surface area (Å²) in [6.07, 6.45) is 3.49. The van der Waals surface area contributed by atoms with Gasteiger partial charge < -0.3 is 16.0 Å². The van der Waals surface area contributed by atoms with E-state index in [1.807, 2.05) is 0 Å². The first-order chi connectivity index (χ1) is 7.91. The van der Waals surface area contributed by atoms with Crippen LogP contribution < -0.4 is 27.2 Å². The lowest BCUT2D eigenvalue weighted by Gasteiger charge is -2.06. The van der Waals surface area contributed by atoms with Gasteiger partial charge in [-0.1, -0.05) is 6.92 Å². The van der Waals surface area contributed by atoms with E-state index in [4.69, 9.17) is 5.84 Å². The number of nitrogens with one attached hydrogen (secondary N) is 4. The van der Waals surface area contributed by atoms with Gasteiger partial charge in [-0.15, -0.1) is 0 Å². The molecule has 0 saturated heterocycles. The van der Waals surface area contributed by atoms with Gasteiger partial charge in [-0.25, -0.2) is 0 Å². The van der Waals surface area contributed by atoms with Crippen LogP contribution in [0.15, 0.2) is 0 Å². The summed E-state index contributed by atoms with van der Waals surface area (Å²) >= 11 is 0. The molecular weight excluding hydrogens is 202 g/mol. The summed E-state index contributed by atoms with van der Waals surface area (Å²) in [5, 5.41) is 10.1. The topological polar surface area (TPSA) is 74.1 Å². The molecule has 0 spiro atoms. The molecule has 0 aromatic rings. The van der Waals surface area contributed by atoms with Gasteiger partial charge in [0.05, 0.1) is 0 Å².